The Hall–Kier alpha value is -1.38. The van der Waals surface area contributed by atoms with E-state index in [1.807, 2.05) is 0 Å². The maximum atomic E-state index is 10.6. The first kappa shape index (κ1) is 6.74. The molecular weight excluding hydrogens is 128 g/mol. The van der Waals surface area contributed by atoms with E-state index in [0.29, 0.717) is 12.0 Å². The lowest BCUT2D eigenvalue weighted by Gasteiger charge is -2.02. The summed E-state index contributed by atoms with van der Waals surface area (Å²) >= 11 is 0. The van der Waals surface area contributed by atoms with Crippen LogP contribution in [0.1, 0.15) is 6.42 Å². The van der Waals surface area contributed by atoms with Crippen molar-refractivity contribution in [2.24, 2.45) is 5.73 Å². The highest BCUT2D eigenvalue weighted by atomic mass is 16.1. The van der Waals surface area contributed by atoms with Gasteiger partial charge < -0.3 is 5.73 Å². The summed E-state index contributed by atoms with van der Waals surface area (Å²) in [4.78, 5) is 10.6. The Morgan fingerprint density at radius 2 is 2.30 bits per heavy atom. The summed E-state index contributed by atoms with van der Waals surface area (Å²) in [5.41, 5.74) is 5.80. The predicted molar refractivity (Wildman–Crippen MR) is 38.8 cm³/mol. The molecule has 0 aromatic heterocycles. The molecule has 0 radical (unpaired) electrons. The second-order valence-corrected chi connectivity index (χ2v) is 2.08. The van der Waals surface area contributed by atoms with Gasteiger partial charge in [-0.2, -0.15) is 0 Å². The van der Waals surface area contributed by atoms with E-state index in [2.05, 4.69) is 0 Å². The molecule has 0 spiro atoms. The summed E-state index contributed by atoms with van der Waals surface area (Å²) in [5, 5.41) is 7.00. The molecule has 0 aromatic rings. The average Bonchev–Trinajstić information content (AvgIpc) is 1.88. The van der Waals surface area contributed by atoms with Gasteiger partial charge in [0.2, 0.25) is 0 Å². The third-order valence-corrected chi connectivity index (χ3v) is 1.28. The fourth-order valence-electron chi connectivity index (χ4n) is 0.729. The summed E-state index contributed by atoms with van der Waals surface area (Å²) in [5.74, 6) is 0.0775. The van der Waals surface area contributed by atoms with Crippen LogP contribution in [-0.4, -0.2) is 11.6 Å². The smallest absolute Gasteiger partial charge is 0.159 e. The molecule has 3 nitrogen and oxygen atoms in total. The highest BCUT2D eigenvalue weighted by Gasteiger charge is 2.04. The molecule has 0 bridgehead atoms. The van der Waals surface area contributed by atoms with Crippen LogP contribution in [0.2, 0.25) is 0 Å². The Kier molecular flexibility index (Phi) is 1.67. The second-order valence-electron chi connectivity index (χ2n) is 2.08. The monoisotopic (exact) mass is 136 g/mol. The molecule has 10 heavy (non-hydrogen) atoms. The molecule has 3 N–H and O–H groups in total. The number of carbonyl (C=O) groups is 1. The molecule has 52 valence electrons. The quantitative estimate of drug-likeness (QED) is 0.404. The van der Waals surface area contributed by atoms with Crippen LogP contribution in [0.25, 0.3) is 0 Å². The van der Waals surface area contributed by atoms with Gasteiger partial charge in [0.05, 0.1) is 0 Å². The second kappa shape index (κ2) is 2.47. The number of allylic oxidation sites excluding steroid dienone is 2. The van der Waals surface area contributed by atoms with Gasteiger partial charge in [-0.25, -0.2) is 0 Å². The number of nitrogens with one attached hydrogen (secondary N) is 1. The highest BCUT2D eigenvalue weighted by molar-refractivity contribution is 6.02. The van der Waals surface area contributed by atoms with Gasteiger partial charge in [0, 0.05) is 12.0 Å². The Labute approximate surface area is 58.7 Å². The van der Waals surface area contributed by atoms with E-state index in [9.17, 15) is 4.79 Å². The lowest BCUT2D eigenvalue weighted by Crippen LogP contribution is -2.13. The maximum Gasteiger partial charge on any atom is 0.159 e. The minimum Gasteiger partial charge on any atom is -0.384 e. The largest absolute Gasteiger partial charge is 0.384 e. The molecule has 1 aliphatic carbocycles. The average molecular weight is 136 g/mol. The van der Waals surface area contributed by atoms with Gasteiger partial charge in [-0.15, -0.1) is 0 Å². The van der Waals surface area contributed by atoms with Crippen LogP contribution in [0.4, 0.5) is 0 Å². The van der Waals surface area contributed by atoms with E-state index in [4.69, 9.17) is 11.1 Å². The summed E-state index contributed by atoms with van der Waals surface area (Å²) in [7, 11) is 0. The van der Waals surface area contributed by atoms with E-state index in [-0.39, 0.29) is 11.6 Å². The molecule has 0 saturated carbocycles. The Morgan fingerprint density at radius 3 is 2.70 bits per heavy atom. The fraction of sp³-hybridized carbons (Fsp3) is 0.143. The molecule has 1 rings (SSSR count). The number of ketones is 1. The van der Waals surface area contributed by atoms with Crippen LogP contribution in [-0.2, 0) is 4.79 Å². The van der Waals surface area contributed by atoms with Crippen molar-refractivity contribution in [3.8, 4) is 0 Å². The first-order valence-electron chi connectivity index (χ1n) is 2.95. The van der Waals surface area contributed by atoms with Crippen molar-refractivity contribution < 1.29 is 4.79 Å². The fourth-order valence-corrected chi connectivity index (χ4v) is 0.729. The predicted octanol–water partition coefficient (Wildman–Crippen LogP) is 0.378. The molecule has 0 aromatic carbocycles. The van der Waals surface area contributed by atoms with Crippen molar-refractivity contribution in [3.05, 3.63) is 23.8 Å². The third kappa shape index (κ3) is 1.31. The van der Waals surface area contributed by atoms with Gasteiger partial charge in [0.25, 0.3) is 0 Å². The van der Waals surface area contributed by atoms with E-state index in [1.54, 1.807) is 12.2 Å². The van der Waals surface area contributed by atoms with Gasteiger partial charge >= 0.3 is 0 Å². The van der Waals surface area contributed by atoms with Gasteiger partial charge in [0.1, 0.15) is 5.84 Å². The zero-order chi connectivity index (χ0) is 7.56. The van der Waals surface area contributed by atoms with Crippen LogP contribution >= 0.6 is 0 Å². The molecule has 0 heterocycles. The zero-order valence-electron chi connectivity index (χ0n) is 5.42. The van der Waals surface area contributed by atoms with E-state index in [0.717, 1.165) is 0 Å². The Bertz CT molecular complexity index is 238. The number of amidine groups is 1. The maximum absolute atomic E-state index is 10.6. The first-order chi connectivity index (χ1) is 4.70. The molecule has 0 aliphatic heterocycles. The van der Waals surface area contributed by atoms with Crippen LogP contribution in [0, 0.1) is 5.41 Å². The number of hydrogen-bond acceptors (Lipinski definition) is 2. The number of nitrogens with two attached hydrogens (primary N) is 1. The third-order valence-electron chi connectivity index (χ3n) is 1.28. The molecule has 0 unspecified atom stereocenters. The van der Waals surface area contributed by atoms with Gasteiger partial charge in [-0.1, -0.05) is 6.08 Å². The number of carbonyl (C=O) groups excluding carboxylic acids is 1. The minimum atomic E-state index is 0.0174. The van der Waals surface area contributed by atoms with E-state index >= 15 is 0 Å². The van der Waals surface area contributed by atoms with Crippen molar-refractivity contribution >= 4 is 11.6 Å². The van der Waals surface area contributed by atoms with Crippen LogP contribution in [0.5, 0.6) is 0 Å². The number of hydrogen-bond donors (Lipinski definition) is 2. The summed E-state index contributed by atoms with van der Waals surface area (Å²) < 4.78 is 0. The normalized spacial score (nSPS) is 16.8. The SMILES string of the molecule is N=C(N)C1=CCC(=O)C=C1. The topological polar surface area (TPSA) is 66.9 Å². The van der Waals surface area contributed by atoms with E-state index < -0.39 is 0 Å². The van der Waals surface area contributed by atoms with Gasteiger partial charge in [0.15, 0.2) is 5.78 Å². The lowest BCUT2D eigenvalue weighted by atomic mass is 10.1. The van der Waals surface area contributed by atoms with Crippen LogP contribution < -0.4 is 5.73 Å². The van der Waals surface area contributed by atoms with Gasteiger partial charge in [-0.3, -0.25) is 10.2 Å². The molecule has 0 saturated heterocycles. The van der Waals surface area contributed by atoms with Crippen LogP contribution in [0.3, 0.4) is 0 Å². The summed E-state index contributed by atoms with van der Waals surface area (Å²) in [6.45, 7) is 0. The molecule has 1 aliphatic rings. The lowest BCUT2D eigenvalue weighted by molar-refractivity contribution is -0.113. The zero-order valence-corrected chi connectivity index (χ0v) is 5.42. The van der Waals surface area contributed by atoms with Gasteiger partial charge in [-0.05, 0) is 12.2 Å². The van der Waals surface area contributed by atoms with Crippen molar-refractivity contribution in [1.29, 1.82) is 5.41 Å². The van der Waals surface area contributed by atoms with Crippen molar-refractivity contribution in [2.75, 3.05) is 0 Å². The highest BCUT2D eigenvalue weighted by Crippen LogP contribution is 2.05. The summed E-state index contributed by atoms with van der Waals surface area (Å²) in [6.07, 6.45) is 5.03. The van der Waals surface area contributed by atoms with E-state index in [1.165, 1.54) is 6.08 Å². The minimum absolute atomic E-state index is 0.0174. The molecule has 3 heteroatoms. The van der Waals surface area contributed by atoms with Crippen molar-refractivity contribution in [3.63, 3.8) is 0 Å². The first-order valence-corrected chi connectivity index (χ1v) is 2.95. The molecular formula is C7H8N2O. The van der Waals surface area contributed by atoms with Crippen molar-refractivity contribution in [2.45, 2.75) is 6.42 Å². The van der Waals surface area contributed by atoms with Crippen LogP contribution in [0.15, 0.2) is 23.8 Å². The standard InChI is InChI=1S/C7H8N2O/c8-7(9)5-1-3-6(10)4-2-5/h1-3H,4H2,(H3,8,9). The number of rotatable bonds is 1. The Balaban J connectivity index is 2.77. The molecule has 0 fully saturated rings. The Morgan fingerprint density at radius 1 is 1.60 bits per heavy atom. The summed E-state index contributed by atoms with van der Waals surface area (Å²) in [6, 6.07) is 0. The van der Waals surface area contributed by atoms with Crippen molar-refractivity contribution in [1.82, 2.24) is 0 Å². The molecule has 0 amide bonds. The molecule has 0 atom stereocenters.